The van der Waals surface area contributed by atoms with Crippen LogP contribution >= 0.6 is 11.3 Å². The molecule has 0 aliphatic rings. The smallest absolute Gasteiger partial charge is 0.315 e. The third kappa shape index (κ3) is 4.56. The molecule has 0 aliphatic heterocycles. The number of nitrogens with one attached hydrogen (secondary N) is 2. The molecule has 0 radical (unpaired) electrons. The van der Waals surface area contributed by atoms with Crippen molar-refractivity contribution in [2.24, 2.45) is 7.05 Å². The van der Waals surface area contributed by atoms with Gasteiger partial charge in [-0.2, -0.15) is 5.10 Å². The molecule has 2 aromatic heterocycles. The second-order valence-electron chi connectivity index (χ2n) is 7.01. The molecular weight excluding hydrogens is 322 g/mol. The maximum atomic E-state index is 11.9. The molecule has 24 heavy (non-hydrogen) atoms. The lowest BCUT2D eigenvalue weighted by atomic mass is 9.93. The summed E-state index contributed by atoms with van der Waals surface area (Å²) in [5.41, 5.74) is 4.47. The Morgan fingerprint density at radius 2 is 2.00 bits per heavy atom. The summed E-state index contributed by atoms with van der Waals surface area (Å²) in [6.45, 7) is 11.5. The molecule has 0 atom stereocenters. The van der Waals surface area contributed by atoms with Gasteiger partial charge < -0.3 is 10.6 Å². The highest BCUT2D eigenvalue weighted by atomic mass is 32.1. The zero-order valence-electron chi connectivity index (χ0n) is 15.4. The number of aryl methyl sites for hydroxylation is 2. The molecule has 0 spiro atoms. The first-order valence-corrected chi connectivity index (χ1v) is 9.02. The molecule has 0 saturated heterocycles. The van der Waals surface area contributed by atoms with Gasteiger partial charge in [0.15, 0.2) is 0 Å². The van der Waals surface area contributed by atoms with Gasteiger partial charge in [-0.3, -0.25) is 4.68 Å². The van der Waals surface area contributed by atoms with Gasteiger partial charge >= 0.3 is 6.03 Å². The zero-order chi connectivity index (χ0) is 17.9. The number of carbonyl (C=O) groups is 1. The Morgan fingerprint density at radius 1 is 1.29 bits per heavy atom. The SMILES string of the molecule is Cc1nn(C)c(C)c1CCNC(=O)NCc1nc(C(C)(C)C)cs1. The van der Waals surface area contributed by atoms with Crippen LogP contribution in [0.4, 0.5) is 4.79 Å². The Morgan fingerprint density at radius 3 is 2.54 bits per heavy atom. The molecular formula is C17H27N5OS. The van der Waals surface area contributed by atoms with E-state index in [1.807, 2.05) is 25.6 Å². The fraction of sp³-hybridized carbons (Fsp3) is 0.588. The second-order valence-corrected chi connectivity index (χ2v) is 7.95. The van der Waals surface area contributed by atoms with Crippen molar-refractivity contribution < 1.29 is 4.79 Å². The second kappa shape index (κ2) is 7.34. The largest absolute Gasteiger partial charge is 0.338 e. The maximum absolute atomic E-state index is 11.9. The van der Waals surface area contributed by atoms with Crippen molar-refractivity contribution in [3.63, 3.8) is 0 Å². The van der Waals surface area contributed by atoms with Crippen LogP contribution in [0.3, 0.4) is 0 Å². The van der Waals surface area contributed by atoms with E-state index in [0.29, 0.717) is 13.1 Å². The van der Waals surface area contributed by atoms with Crippen LogP contribution in [0.2, 0.25) is 0 Å². The van der Waals surface area contributed by atoms with Crippen molar-refractivity contribution in [2.45, 2.75) is 53.0 Å². The Kier molecular flexibility index (Phi) is 5.64. The first-order chi connectivity index (χ1) is 11.2. The van der Waals surface area contributed by atoms with Gasteiger partial charge in [0.2, 0.25) is 0 Å². The van der Waals surface area contributed by atoms with Crippen LogP contribution in [-0.4, -0.2) is 27.3 Å². The van der Waals surface area contributed by atoms with Gasteiger partial charge in [-0.15, -0.1) is 11.3 Å². The summed E-state index contributed by atoms with van der Waals surface area (Å²) in [5, 5.41) is 13.1. The minimum absolute atomic E-state index is 0.0381. The number of nitrogens with zero attached hydrogens (tertiary/aromatic N) is 3. The fourth-order valence-corrected chi connectivity index (χ4v) is 3.40. The highest BCUT2D eigenvalue weighted by Gasteiger charge is 2.17. The topological polar surface area (TPSA) is 71.8 Å². The predicted molar refractivity (Wildman–Crippen MR) is 97.4 cm³/mol. The Balaban J connectivity index is 1.77. The molecule has 0 unspecified atom stereocenters. The molecule has 0 fully saturated rings. The van der Waals surface area contributed by atoms with Crippen molar-refractivity contribution >= 4 is 17.4 Å². The quantitative estimate of drug-likeness (QED) is 0.872. The van der Waals surface area contributed by atoms with Gasteiger partial charge in [-0.25, -0.2) is 9.78 Å². The van der Waals surface area contributed by atoms with Gasteiger partial charge in [0.1, 0.15) is 5.01 Å². The molecule has 2 rings (SSSR count). The lowest BCUT2D eigenvalue weighted by molar-refractivity contribution is 0.240. The van der Waals surface area contributed by atoms with Gasteiger partial charge in [-0.1, -0.05) is 20.8 Å². The summed E-state index contributed by atoms with van der Waals surface area (Å²) in [6, 6.07) is -0.165. The molecule has 2 N–H and O–H groups in total. The standard InChI is InChI=1S/C17H27N5OS/c1-11-13(12(2)22(6)21-11)7-8-18-16(23)19-9-15-20-14(10-24-15)17(3,4)5/h10H,7-9H2,1-6H3,(H2,18,19,23). The minimum atomic E-state index is -0.165. The zero-order valence-corrected chi connectivity index (χ0v) is 16.2. The highest BCUT2D eigenvalue weighted by molar-refractivity contribution is 7.09. The van der Waals surface area contributed by atoms with Crippen LogP contribution in [-0.2, 0) is 25.4 Å². The fourth-order valence-electron chi connectivity index (χ4n) is 2.44. The predicted octanol–water partition coefficient (Wildman–Crippen LogP) is 2.83. The van der Waals surface area contributed by atoms with Gasteiger partial charge in [0.25, 0.3) is 0 Å². The van der Waals surface area contributed by atoms with E-state index < -0.39 is 0 Å². The van der Waals surface area contributed by atoms with Crippen LogP contribution in [0.25, 0.3) is 0 Å². The Labute approximate surface area is 147 Å². The van der Waals surface area contributed by atoms with E-state index >= 15 is 0 Å². The van der Waals surface area contributed by atoms with E-state index in [2.05, 4.69) is 46.9 Å². The minimum Gasteiger partial charge on any atom is -0.338 e. The summed E-state index contributed by atoms with van der Waals surface area (Å²) in [4.78, 5) is 16.5. The van der Waals surface area contributed by atoms with Crippen molar-refractivity contribution in [3.05, 3.63) is 33.0 Å². The van der Waals surface area contributed by atoms with Crippen LogP contribution < -0.4 is 10.6 Å². The summed E-state index contributed by atoms with van der Waals surface area (Å²) >= 11 is 1.58. The molecule has 132 valence electrons. The molecule has 2 aromatic rings. The normalized spacial score (nSPS) is 11.6. The van der Waals surface area contributed by atoms with E-state index in [9.17, 15) is 4.79 Å². The average molecular weight is 350 g/mol. The van der Waals surface area contributed by atoms with Crippen molar-refractivity contribution in [3.8, 4) is 0 Å². The van der Waals surface area contributed by atoms with Gasteiger partial charge in [-0.05, 0) is 25.8 Å². The van der Waals surface area contributed by atoms with Gasteiger partial charge in [0, 0.05) is 30.1 Å². The van der Waals surface area contributed by atoms with Crippen molar-refractivity contribution in [2.75, 3.05) is 6.54 Å². The lowest BCUT2D eigenvalue weighted by Gasteiger charge is -2.14. The first kappa shape index (κ1) is 18.4. The number of carbonyl (C=O) groups excluding carboxylic acids is 1. The molecule has 7 heteroatoms. The number of urea groups is 1. The maximum Gasteiger partial charge on any atom is 0.315 e. The van der Waals surface area contributed by atoms with Crippen molar-refractivity contribution in [1.82, 2.24) is 25.4 Å². The summed E-state index contributed by atoms with van der Waals surface area (Å²) in [5.74, 6) is 0. The molecule has 0 aliphatic carbocycles. The molecule has 6 nitrogen and oxygen atoms in total. The number of thiazole rings is 1. The van der Waals surface area contributed by atoms with Crippen LogP contribution in [0.15, 0.2) is 5.38 Å². The molecule has 2 amide bonds. The monoisotopic (exact) mass is 349 g/mol. The molecule has 2 heterocycles. The van der Waals surface area contributed by atoms with Crippen LogP contribution in [0, 0.1) is 13.8 Å². The molecule has 0 bridgehead atoms. The number of hydrogen-bond acceptors (Lipinski definition) is 4. The van der Waals surface area contributed by atoms with E-state index in [1.165, 1.54) is 5.56 Å². The van der Waals surface area contributed by atoms with Crippen LogP contribution in [0.1, 0.15) is 48.4 Å². The van der Waals surface area contributed by atoms with Crippen LogP contribution in [0.5, 0.6) is 0 Å². The highest BCUT2D eigenvalue weighted by Crippen LogP contribution is 2.23. The summed E-state index contributed by atoms with van der Waals surface area (Å²) in [7, 11) is 1.94. The lowest BCUT2D eigenvalue weighted by Crippen LogP contribution is -2.36. The summed E-state index contributed by atoms with van der Waals surface area (Å²) < 4.78 is 1.88. The molecule has 0 aromatic carbocycles. The van der Waals surface area contributed by atoms with E-state index in [0.717, 1.165) is 28.5 Å². The summed E-state index contributed by atoms with van der Waals surface area (Å²) in [6.07, 6.45) is 0.782. The molecule has 0 saturated carbocycles. The third-order valence-corrected chi connectivity index (χ3v) is 4.89. The number of amides is 2. The van der Waals surface area contributed by atoms with Crippen molar-refractivity contribution in [1.29, 1.82) is 0 Å². The first-order valence-electron chi connectivity index (χ1n) is 8.14. The van der Waals surface area contributed by atoms with E-state index in [-0.39, 0.29) is 11.4 Å². The number of aromatic nitrogens is 3. The Hall–Kier alpha value is -1.89. The van der Waals surface area contributed by atoms with E-state index in [4.69, 9.17) is 0 Å². The number of hydrogen-bond donors (Lipinski definition) is 2. The third-order valence-electron chi connectivity index (χ3n) is 4.04. The average Bonchev–Trinajstić information content (AvgIpc) is 3.05. The van der Waals surface area contributed by atoms with Gasteiger partial charge in [0.05, 0.1) is 17.9 Å². The van der Waals surface area contributed by atoms with E-state index in [1.54, 1.807) is 11.3 Å². The Bertz CT molecular complexity index is 711. The number of rotatable bonds is 5.